The number of pyridine rings is 1. The highest BCUT2D eigenvalue weighted by Crippen LogP contribution is 2.32. The molecule has 3 aromatic carbocycles. The van der Waals surface area contributed by atoms with Crippen molar-refractivity contribution in [1.82, 2.24) is 4.98 Å². The highest BCUT2D eigenvalue weighted by Gasteiger charge is 2.21. The van der Waals surface area contributed by atoms with Gasteiger partial charge in [0.1, 0.15) is 17.4 Å². The number of methoxy groups -OCH3 is 1. The molecule has 4 rings (SSSR count). The van der Waals surface area contributed by atoms with E-state index in [9.17, 15) is 9.59 Å². The van der Waals surface area contributed by atoms with Gasteiger partial charge in [-0.25, -0.2) is 9.59 Å². The molecule has 1 aromatic heterocycles. The minimum Gasteiger partial charge on any atom is -0.480 e. The summed E-state index contributed by atoms with van der Waals surface area (Å²) in [5, 5.41) is 5.43. The minimum absolute atomic E-state index is 0.195. The van der Waals surface area contributed by atoms with Gasteiger partial charge in [0.2, 0.25) is 0 Å². The first-order valence-electron chi connectivity index (χ1n) is 10.6. The number of nitrogens with zero attached hydrogens (tertiary/aromatic N) is 1. The molecule has 0 aliphatic heterocycles. The number of amides is 2. The normalized spacial score (nSPS) is 10.4. The molecular formula is C27H23N3O4. The van der Waals surface area contributed by atoms with Crippen LogP contribution in [0.4, 0.5) is 16.2 Å². The molecule has 4 aromatic rings. The molecule has 0 bridgehead atoms. The van der Waals surface area contributed by atoms with Gasteiger partial charge in [0.15, 0.2) is 0 Å². The molecule has 34 heavy (non-hydrogen) atoms. The number of hydrogen-bond donors (Lipinski definition) is 2. The monoisotopic (exact) mass is 453 g/mol. The molecule has 170 valence electrons. The zero-order valence-corrected chi connectivity index (χ0v) is 18.5. The molecule has 1 heterocycles. The Morgan fingerprint density at radius 1 is 0.765 bits per heavy atom. The van der Waals surface area contributed by atoms with Crippen LogP contribution < -0.4 is 15.4 Å². The van der Waals surface area contributed by atoms with Crippen LogP contribution in [-0.2, 0) is 4.74 Å². The van der Waals surface area contributed by atoms with Gasteiger partial charge in [-0.1, -0.05) is 60.7 Å². The number of esters is 1. The summed E-state index contributed by atoms with van der Waals surface area (Å²) < 4.78 is 11.3. The van der Waals surface area contributed by atoms with Crippen molar-refractivity contribution in [3.05, 3.63) is 120 Å². The van der Waals surface area contributed by atoms with E-state index in [0.717, 1.165) is 11.1 Å². The Morgan fingerprint density at radius 2 is 1.35 bits per heavy atom. The molecule has 0 spiro atoms. The lowest BCUT2D eigenvalue weighted by atomic mass is 10.0. The fraction of sp³-hybridized carbons (Fsp3) is 0.0741. The summed E-state index contributed by atoms with van der Waals surface area (Å²) >= 11 is 0. The summed E-state index contributed by atoms with van der Waals surface area (Å²) in [6.45, 7) is 0. The van der Waals surface area contributed by atoms with Crippen LogP contribution >= 0.6 is 0 Å². The van der Waals surface area contributed by atoms with Crippen LogP contribution in [0.25, 0.3) is 0 Å². The van der Waals surface area contributed by atoms with E-state index in [1.165, 1.54) is 13.2 Å². The lowest BCUT2D eigenvalue weighted by molar-refractivity contribution is 0.0594. The van der Waals surface area contributed by atoms with Crippen molar-refractivity contribution in [2.24, 2.45) is 0 Å². The predicted octanol–water partition coefficient (Wildman–Crippen LogP) is 5.68. The maximum atomic E-state index is 12.6. The number of hydrogen-bond acceptors (Lipinski definition) is 5. The highest BCUT2D eigenvalue weighted by atomic mass is 16.5. The number of rotatable bonds is 7. The van der Waals surface area contributed by atoms with Crippen molar-refractivity contribution < 1.29 is 19.1 Å². The van der Waals surface area contributed by atoms with E-state index >= 15 is 0 Å². The Hall–Kier alpha value is -4.65. The second-order valence-electron chi connectivity index (χ2n) is 7.34. The van der Waals surface area contributed by atoms with E-state index in [0.29, 0.717) is 17.1 Å². The topological polar surface area (TPSA) is 89.5 Å². The standard InChI is InChI=1S/C27H23N3O4/c1-33-26(31)23-18-22(30-27(32)29-21-14-16-28-17-15-21)12-13-24(23)34-25(19-8-4-2-5-9-19)20-10-6-3-7-11-20/h2-18,25H,1H3,(H2,28,29,30,32). The molecule has 0 atom stereocenters. The van der Waals surface area contributed by atoms with Crippen molar-refractivity contribution in [2.75, 3.05) is 17.7 Å². The van der Waals surface area contributed by atoms with Gasteiger partial charge in [-0.05, 0) is 41.5 Å². The van der Waals surface area contributed by atoms with Crippen molar-refractivity contribution >= 4 is 23.4 Å². The molecule has 0 fully saturated rings. The van der Waals surface area contributed by atoms with E-state index < -0.39 is 18.1 Å². The molecule has 0 aliphatic carbocycles. The van der Waals surface area contributed by atoms with Gasteiger partial charge in [0.05, 0.1) is 7.11 Å². The van der Waals surface area contributed by atoms with Crippen molar-refractivity contribution in [3.63, 3.8) is 0 Å². The number of carbonyl (C=O) groups excluding carboxylic acids is 2. The van der Waals surface area contributed by atoms with Crippen LogP contribution in [0.3, 0.4) is 0 Å². The van der Waals surface area contributed by atoms with Crippen molar-refractivity contribution in [3.8, 4) is 5.75 Å². The van der Waals surface area contributed by atoms with E-state index in [-0.39, 0.29) is 5.56 Å². The molecule has 2 amide bonds. The maximum absolute atomic E-state index is 12.6. The molecular weight excluding hydrogens is 430 g/mol. The second-order valence-corrected chi connectivity index (χ2v) is 7.34. The summed E-state index contributed by atoms with van der Waals surface area (Å²) in [7, 11) is 1.30. The first kappa shape index (κ1) is 22.5. The van der Waals surface area contributed by atoms with Gasteiger partial charge in [0.25, 0.3) is 0 Å². The van der Waals surface area contributed by atoms with Gasteiger partial charge in [-0.2, -0.15) is 0 Å². The zero-order chi connectivity index (χ0) is 23.8. The Balaban J connectivity index is 1.61. The molecule has 0 radical (unpaired) electrons. The molecule has 0 unspecified atom stereocenters. The number of anilines is 2. The molecule has 2 N–H and O–H groups in total. The molecule has 0 saturated carbocycles. The summed E-state index contributed by atoms with van der Waals surface area (Å²) in [5.74, 6) is -0.238. The van der Waals surface area contributed by atoms with Gasteiger partial charge < -0.3 is 20.1 Å². The number of ether oxygens (including phenoxy) is 2. The number of carbonyl (C=O) groups is 2. The third kappa shape index (κ3) is 5.58. The minimum atomic E-state index is -0.576. The predicted molar refractivity (Wildman–Crippen MR) is 130 cm³/mol. The second kappa shape index (κ2) is 10.8. The molecule has 0 aliphatic rings. The van der Waals surface area contributed by atoms with E-state index in [1.54, 1.807) is 36.7 Å². The van der Waals surface area contributed by atoms with Gasteiger partial charge in [-0.15, -0.1) is 0 Å². The first-order valence-corrected chi connectivity index (χ1v) is 10.6. The van der Waals surface area contributed by atoms with Crippen molar-refractivity contribution in [1.29, 1.82) is 0 Å². The van der Waals surface area contributed by atoms with Gasteiger partial charge in [0, 0.05) is 23.8 Å². The molecule has 0 saturated heterocycles. The van der Waals surface area contributed by atoms with Crippen LogP contribution in [0.2, 0.25) is 0 Å². The molecule has 7 nitrogen and oxygen atoms in total. The smallest absolute Gasteiger partial charge is 0.341 e. The number of urea groups is 1. The number of benzene rings is 3. The fourth-order valence-electron chi connectivity index (χ4n) is 3.42. The van der Waals surface area contributed by atoms with E-state index in [2.05, 4.69) is 15.6 Å². The first-order chi connectivity index (χ1) is 16.6. The lowest BCUT2D eigenvalue weighted by Crippen LogP contribution is -2.20. The van der Waals surface area contributed by atoms with E-state index in [4.69, 9.17) is 9.47 Å². The summed E-state index contributed by atoms with van der Waals surface area (Å²) in [6, 6.07) is 27.2. The largest absolute Gasteiger partial charge is 0.480 e. The summed E-state index contributed by atoms with van der Waals surface area (Å²) in [6.07, 6.45) is 2.71. The average Bonchev–Trinajstić information content (AvgIpc) is 2.89. The Labute approximate surface area is 197 Å². The molecule has 7 heteroatoms. The Morgan fingerprint density at radius 3 is 1.94 bits per heavy atom. The third-order valence-electron chi connectivity index (χ3n) is 5.03. The van der Waals surface area contributed by atoms with Crippen LogP contribution in [-0.4, -0.2) is 24.1 Å². The average molecular weight is 453 g/mol. The van der Waals surface area contributed by atoms with Crippen LogP contribution in [0, 0.1) is 0 Å². The lowest BCUT2D eigenvalue weighted by Gasteiger charge is -2.22. The zero-order valence-electron chi connectivity index (χ0n) is 18.5. The van der Waals surface area contributed by atoms with Gasteiger partial charge >= 0.3 is 12.0 Å². The van der Waals surface area contributed by atoms with E-state index in [1.807, 2.05) is 60.7 Å². The van der Waals surface area contributed by atoms with Gasteiger partial charge in [-0.3, -0.25) is 4.98 Å². The number of nitrogens with one attached hydrogen (secondary N) is 2. The fourth-order valence-corrected chi connectivity index (χ4v) is 3.42. The summed E-state index contributed by atoms with van der Waals surface area (Å²) in [4.78, 5) is 28.9. The number of aromatic nitrogens is 1. The Kier molecular flexibility index (Phi) is 7.15. The summed E-state index contributed by atoms with van der Waals surface area (Å²) in [5.41, 5.74) is 3.07. The SMILES string of the molecule is COC(=O)c1cc(NC(=O)Nc2ccncc2)ccc1OC(c1ccccc1)c1ccccc1. The highest BCUT2D eigenvalue weighted by molar-refractivity contribution is 6.01. The Bertz CT molecular complexity index is 1210. The van der Waals surface area contributed by atoms with Crippen LogP contribution in [0.15, 0.2) is 103 Å². The quantitative estimate of drug-likeness (QED) is 0.351. The maximum Gasteiger partial charge on any atom is 0.341 e. The van der Waals surface area contributed by atoms with Crippen LogP contribution in [0.1, 0.15) is 27.6 Å². The third-order valence-corrected chi connectivity index (χ3v) is 5.03. The van der Waals surface area contributed by atoms with Crippen molar-refractivity contribution in [2.45, 2.75) is 6.10 Å². The van der Waals surface area contributed by atoms with Crippen LogP contribution in [0.5, 0.6) is 5.75 Å².